The molecule has 2 fully saturated rings. The maximum atomic E-state index is 12.0. The van der Waals surface area contributed by atoms with Crippen LogP contribution in [0.4, 0.5) is 5.95 Å². The van der Waals surface area contributed by atoms with Crippen LogP contribution < -0.4 is 10.6 Å². The Morgan fingerprint density at radius 3 is 2.39 bits per heavy atom. The molecule has 2 amide bonds. The first kappa shape index (κ1) is 16.9. The highest BCUT2D eigenvalue weighted by atomic mass is 16.2. The van der Waals surface area contributed by atoms with Crippen LogP contribution in [0, 0.1) is 11.8 Å². The molecule has 2 aliphatic rings. The molecule has 0 aliphatic heterocycles. The fourth-order valence-corrected chi connectivity index (χ4v) is 3.21. The van der Waals surface area contributed by atoms with Gasteiger partial charge in [0, 0.05) is 23.9 Å². The number of carbonyl (C=O) groups excluding carboxylic acids is 2. The molecule has 0 spiro atoms. The standard InChI is InChI=1S/C21H21N5O2/c27-19(15-8-9-15)22-12-13-4-6-14(7-5-13)17-2-1-3-18-23-21(25-26(17)18)24-20(28)16-10-11-16/h1-7,15-16H,8-12H2,(H,22,27)(H,24,25,28). The van der Waals surface area contributed by atoms with E-state index >= 15 is 0 Å². The highest BCUT2D eigenvalue weighted by Gasteiger charge is 2.30. The van der Waals surface area contributed by atoms with Crippen molar-refractivity contribution in [2.24, 2.45) is 11.8 Å². The summed E-state index contributed by atoms with van der Waals surface area (Å²) >= 11 is 0. The number of rotatable bonds is 6. The fourth-order valence-electron chi connectivity index (χ4n) is 3.21. The molecule has 0 unspecified atom stereocenters. The van der Waals surface area contributed by atoms with Crippen molar-refractivity contribution in [1.82, 2.24) is 19.9 Å². The maximum absolute atomic E-state index is 12.0. The Hall–Kier alpha value is -3.22. The Kier molecular flexibility index (Phi) is 4.07. The summed E-state index contributed by atoms with van der Waals surface area (Å²) in [5.74, 6) is 0.814. The Morgan fingerprint density at radius 2 is 1.68 bits per heavy atom. The fraction of sp³-hybridized carbons (Fsp3) is 0.333. The van der Waals surface area contributed by atoms with Gasteiger partial charge < -0.3 is 5.32 Å². The van der Waals surface area contributed by atoms with E-state index in [1.54, 1.807) is 4.52 Å². The summed E-state index contributed by atoms with van der Waals surface area (Å²) in [4.78, 5) is 28.2. The minimum absolute atomic E-state index is 0.00458. The average molecular weight is 375 g/mol. The Labute approximate surface area is 162 Å². The number of carbonyl (C=O) groups is 2. The summed E-state index contributed by atoms with van der Waals surface area (Å²) in [6.45, 7) is 0.542. The van der Waals surface area contributed by atoms with Crippen LogP contribution in [0.25, 0.3) is 16.9 Å². The summed E-state index contributed by atoms with van der Waals surface area (Å²) in [7, 11) is 0. The van der Waals surface area contributed by atoms with Crippen molar-refractivity contribution in [3.8, 4) is 11.3 Å². The number of pyridine rings is 1. The molecule has 28 heavy (non-hydrogen) atoms. The van der Waals surface area contributed by atoms with Crippen LogP contribution in [-0.4, -0.2) is 26.4 Å². The maximum Gasteiger partial charge on any atom is 0.249 e. The third-order valence-electron chi connectivity index (χ3n) is 5.21. The molecule has 3 aromatic rings. The van der Waals surface area contributed by atoms with Crippen LogP contribution in [0.2, 0.25) is 0 Å². The number of nitrogens with zero attached hydrogens (tertiary/aromatic N) is 3. The van der Waals surface area contributed by atoms with Crippen molar-refractivity contribution in [2.75, 3.05) is 5.32 Å². The van der Waals surface area contributed by atoms with E-state index in [0.717, 1.165) is 42.5 Å². The van der Waals surface area contributed by atoms with Gasteiger partial charge in [-0.2, -0.15) is 4.98 Å². The highest BCUT2D eigenvalue weighted by Crippen LogP contribution is 2.30. The molecule has 0 bridgehead atoms. The minimum Gasteiger partial charge on any atom is -0.352 e. The van der Waals surface area contributed by atoms with E-state index < -0.39 is 0 Å². The number of anilines is 1. The van der Waals surface area contributed by atoms with Crippen molar-refractivity contribution in [3.05, 3.63) is 48.0 Å². The molecule has 2 aromatic heterocycles. The van der Waals surface area contributed by atoms with E-state index in [0.29, 0.717) is 18.1 Å². The second-order valence-corrected chi connectivity index (χ2v) is 7.57. The summed E-state index contributed by atoms with van der Waals surface area (Å²) in [5.41, 5.74) is 3.63. The molecule has 2 heterocycles. The normalized spacial score (nSPS) is 16.1. The number of amides is 2. The van der Waals surface area contributed by atoms with Crippen LogP contribution in [0.5, 0.6) is 0 Å². The van der Waals surface area contributed by atoms with Gasteiger partial charge >= 0.3 is 0 Å². The lowest BCUT2D eigenvalue weighted by atomic mass is 10.1. The van der Waals surface area contributed by atoms with E-state index in [-0.39, 0.29) is 23.7 Å². The molecule has 2 N–H and O–H groups in total. The quantitative estimate of drug-likeness (QED) is 0.693. The molecule has 0 saturated heterocycles. The van der Waals surface area contributed by atoms with Crippen LogP contribution in [0.3, 0.4) is 0 Å². The molecule has 2 aliphatic carbocycles. The van der Waals surface area contributed by atoms with Gasteiger partial charge in [0.15, 0.2) is 5.65 Å². The highest BCUT2D eigenvalue weighted by molar-refractivity contribution is 5.92. The van der Waals surface area contributed by atoms with Crippen molar-refractivity contribution < 1.29 is 9.59 Å². The molecule has 0 atom stereocenters. The van der Waals surface area contributed by atoms with Crippen molar-refractivity contribution in [1.29, 1.82) is 0 Å². The van der Waals surface area contributed by atoms with Crippen LogP contribution in [0.15, 0.2) is 42.5 Å². The van der Waals surface area contributed by atoms with Crippen molar-refractivity contribution in [3.63, 3.8) is 0 Å². The van der Waals surface area contributed by atoms with E-state index in [9.17, 15) is 9.59 Å². The van der Waals surface area contributed by atoms with Gasteiger partial charge in [-0.3, -0.25) is 14.9 Å². The number of aromatic nitrogens is 3. The van der Waals surface area contributed by atoms with Gasteiger partial charge in [0.05, 0.1) is 5.69 Å². The Bertz CT molecular complexity index is 1050. The summed E-state index contributed by atoms with van der Waals surface area (Å²) in [5, 5.41) is 10.2. The average Bonchev–Trinajstić information content (AvgIpc) is 3.61. The molecule has 142 valence electrons. The second-order valence-electron chi connectivity index (χ2n) is 7.57. The van der Waals surface area contributed by atoms with E-state index in [2.05, 4.69) is 20.7 Å². The predicted octanol–water partition coefficient (Wildman–Crippen LogP) is 2.77. The first-order valence-electron chi connectivity index (χ1n) is 9.71. The van der Waals surface area contributed by atoms with Gasteiger partial charge in [-0.1, -0.05) is 30.3 Å². The predicted molar refractivity (Wildman–Crippen MR) is 104 cm³/mol. The smallest absolute Gasteiger partial charge is 0.249 e. The van der Waals surface area contributed by atoms with Gasteiger partial charge in [0.25, 0.3) is 0 Å². The molecular weight excluding hydrogens is 354 g/mol. The zero-order valence-corrected chi connectivity index (χ0v) is 15.4. The SMILES string of the molecule is O=C(NCc1ccc(-c2cccc3nc(NC(=O)C4CC4)nn23)cc1)C1CC1. The molecule has 7 nitrogen and oxygen atoms in total. The molecule has 5 rings (SSSR count). The lowest BCUT2D eigenvalue weighted by Gasteiger charge is -2.07. The third-order valence-corrected chi connectivity index (χ3v) is 5.21. The summed E-state index contributed by atoms with van der Waals surface area (Å²) in [6.07, 6.45) is 3.90. The Balaban J connectivity index is 1.35. The Morgan fingerprint density at radius 1 is 0.964 bits per heavy atom. The number of benzene rings is 1. The molecular formula is C21H21N5O2. The molecule has 7 heteroatoms. The minimum atomic E-state index is -0.00458. The molecule has 1 aromatic carbocycles. The zero-order valence-electron chi connectivity index (χ0n) is 15.4. The van der Waals surface area contributed by atoms with E-state index in [1.165, 1.54) is 0 Å². The van der Waals surface area contributed by atoms with Crippen LogP contribution >= 0.6 is 0 Å². The van der Waals surface area contributed by atoms with E-state index in [1.807, 2.05) is 42.5 Å². The number of hydrogen-bond acceptors (Lipinski definition) is 4. The number of fused-ring (bicyclic) bond motifs is 1. The van der Waals surface area contributed by atoms with Crippen LogP contribution in [0.1, 0.15) is 31.2 Å². The zero-order chi connectivity index (χ0) is 19.1. The van der Waals surface area contributed by atoms with E-state index in [4.69, 9.17) is 0 Å². The van der Waals surface area contributed by atoms with Crippen molar-refractivity contribution >= 4 is 23.4 Å². The van der Waals surface area contributed by atoms with Crippen molar-refractivity contribution in [2.45, 2.75) is 32.2 Å². The van der Waals surface area contributed by atoms with Gasteiger partial charge in [-0.25, -0.2) is 4.52 Å². The first-order valence-corrected chi connectivity index (χ1v) is 9.71. The van der Waals surface area contributed by atoms with Gasteiger partial charge in [-0.15, -0.1) is 5.10 Å². The topological polar surface area (TPSA) is 88.4 Å². The lowest BCUT2D eigenvalue weighted by Crippen LogP contribution is -2.24. The van der Waals surface area contributed by atoms with Crippen LogP contribution in [-0.2, 0) is 16.1 Å². The lowest BCUT2D eigenvalue weighted by molar-refractivity contribution is -0.122. The van der Waals surface area contributed by atoms with Gasteiger partial charge in [0.2, 0.25) is 17.8 Å². The summed E-state index contributed by atoms with van der Waals surface area (Å²) in [6, 6.07) is 13.8. The van der Waals surface area contributed by atoms with Gasteiger partial charge in [0.1, 0.15) is 0 Å². The second kappa shape index (κ2) is 6.74. The largest absolute Gasteiger partial charge is 0.352 e. The summed E-state index contributed by atoms with van der Waals surface area (Å²) < 4.78 is 1.74. The monoisotopic (exact) mass is 375 g/mol. The first-order chi connectivity index (χ1) is 13.7. The third kappa shape index (κ3) is 3.47. The number of hydrogen-bond donors (Lipinski definition) is 2. The van der Waals surface area contributed by atoms with Gasteiger partial charge in [-0.05, 0) is 43.4 Å². The molecule has 0 radical (unpaired) electrons. The number of nitrogens with one attached hydrogen (secondary N) is 2. The molecule has 2 saturated carbocycles.